The highest BCUT2D eigenvalue weighted by Crippen LogP contribution is 2.39. The number of aliphatic hydroxyl groups is 5. The number of carbonyl (C=O) groups is 1. The number of unbranched alkanes of at least 4 members (excludes halogenated alkanes) is 1. The summed E-state index contributed by atoms with van der Waals surface area (Å²) in [5, 5.41) is 84.6. The van der Waals surface area contributed by atoms with Gasteiger partial charge in [-0.3, -0.25) is 4.79 Å². The number of carboxylic acids is 1. The monoisotopic (exact) mass is 859 g/mol. The van der Waals surface area contributed by atoms with Crippen molar-refractivity contribution in [3.63, 3.8) is 0 Å². The van der Waals surface area contributed by atoms with E-state index in [-0.39, 0.29) is 42.5 Å². The summed E-state index contributed by atoms with van der Waals surface area (Å²) in [4.78, 5) is 12.0. The van der Waals surface area contributed by atoms with Crippen molar-refractivity contribution in [2.45, 2.75) is 191 Å². The Hall–Kier alpha value is -3.53. The van der Waals surface area contributed by atoms with Crippen LogP contribution in [0.3, 0.4) is 0 Å². The molecular formula is C52H78N2O8. The average Bonchev–Trinajstić information content (AvgIpc) is 3.40. The van der Waals surface area contributed by atoms with Gasteiger partial charge in [0, 0.05) is 48.5 Å². The molecule has 10 nitrogen and oxygen atoms in total. The minimum absolute atomic E-state index is 0.000567. The molecule has 2 aromatic carbocycles. The summed E-state index contributed by atoms with van der Waals surface area (Å²) in [6, 6.07) is 14.3. The van der Waals surface area contributed by atoms with Gasteiger partial charge in [-0.2, -0.15) is 0 Å². The molecule has 2 heterocycles. The SMILES string of the molecule is CCCC[C@H](O)[C@H](O)/C=C/C1=C(\C[C@H](O)CO)[C@H](CCC[C@@H]2N[C@H](C)CCC[C@@H]2CC(=O)O)N[C@@H]([C@@](C)(O)[C@H](CCC(C)C)c2ccc(O)cc2)CC#Cc2ccccc2CC1. The fourth-order valence-electron chi connectivity index (χ4n) is 9.55. The molecule has 2 aromatic rings. The molecule has 2 aliphatic heterocycles. The summed E-state index contributed by atoms with van der Waals surface area (Å²) >= 11 is 0. The van der Waals surface area contributed by atoms with Gasteiger partial charge in [0.25, 0.3) is 0 Å². The number of aliphatic hydroxyl groups excluding tert-OH is 4. The minimum atomic E-state index is -1.37. The molecule has 1 fully saturated rings. The van der Waals surface area contributed by atoms with Gasteiger partial charge in [0.2, 0.25) is 0 Å². The highest BCUT2D eigenvalue weighted by molar-refractivity contribution is 5.67. The Morgan fingerprint density at radius 3 is 2.40 bits per heavy atom. The number of aliphatic carboxylic acids is 1. The topological polar surface area (TPSA) is 183 Å². The molecule has 344 valence electrons. The molecule has 0 spiro atoms. The number of phenolic OH excluding ortho intramolecular Hbond substituents is 1. The van der Waals surface area contributed by atoms with Crippen LogP contribution < -0.4 is 10.6 Å². The van der Waals surface area contributed by atoms with E-state index >= 15 is 0 Å². The zero-order valence-corrected chi connectivity index (χ0v) is 38.1. The van der Waals surface area contributed by atoms with Crippen LogP contribution in [0.25, 0.3) is 0 Å². The maximum absolute atomic E-state index is 13.1. The van der Waals surface area contributed by atoms with Gasteiger partial charge < -0.3 is 46.4 Å². The number of rotatable bonds is 21. The van der Waals surface area contributed by atoms with Gasteiger partial charge in [-0.1, -0.05) is 107 Å². The number of carboxylic acid groups (broad SMARTS) is 1. The molecule has 10 atom stereocenters. The fraction of sp³-hybridized carbons (Fsp3) is 0.635. The third-order valence-electron chi connectivity index (χ3n) is 13.3. The second kappa shape index (κ2) is 25.7. The van der Waals surface area contributed by atoms with E-state index in [1.807, 2.05) is 50.3 Å². The van der Waals surface area contributed by atoms with Crippen LogP contribution in [0.1, 0.15) is 154 Å². The Kier molecular flexibility index (Phi) is 21.2. The van der Waals surface area contributed by atoms with Crippen LogP contribution in [-0.4, -0.2) is 96.4 Å². The first-order valence-electron chi connectivity index (χ1n) is 23.5. The van der Waals surface area contributed by atoms with Crippen molar-refractivity contribution in [3.05, 3.63) is 88.5 Å². The molecule has 0 saturated carbocycles. The zero-order chi connectivity index (χ0) is 45.2. The summed E-state index contributed by atoms with van der Waals surface area (Å²) < 4.78 is 0. The van der Waals surface area contributed by atoms with E-state index in [0.29, 0.717) is 50.9 Å². The lowest BCUT2D eigenvalue weighted by atomic mass is 9.73. The molecule has 4 rings (SSSR count). The second-order valence-electron chi connectivity index (χ2n) is 18.8. The van der Waals surface area contributed by atoms with Gasteiger partial charge in [0.05, 0.1) is 30.5 Å². The number of aromatic hydroxyl groups is 1. The van der Waals surface area contributed by atoms with Gasteiger partial charge >= 0.3 is 5.97 Å². The Morgan fingerprint density at radius 1 is 0.968 bits per heavy atom. The summed E-state index contributed by atoms with van der Waals surface area (Å²) in [6.45, 7) is 9.94. The lowest BCUT2D eigenvalue weighted by Gasteiger charge is -2.43. The first-order chi connectivity index (χ1) is 29.6. The number of hydrogen-bond acceptors (Lipinski definition) is 9. The molecule has 0 bridgehead atoms. The van der Waals surface area contributed by atoms with Crippen molar-refractivity contribution >= 4 is 5.97 Å². The van der Waals surface area contributed by atoms with E-state index in [1.54, 1.807) is 18.2 Å². The first-order valence-corrected chi connectivity index (χ1v) is 23.5. The highest BCUT2D eigenvalue weighted by Gasteiger charge is 2.42. The number of allylic oxidation sites excluding steroid dienone is 2. The normalized spacial score (nSPS) is 25.6. The average molecular weight is 859 g/mol. The molecule has 0 radical (unpaired) electrons. The molecular weight excluding hydrogens is 781 g/mol. The Bertz CT molecular complexity index is 1780. The lowest BCUT2D eigenvalue weighted by Crippen LogP contribution is -2.56. The quantitative estimate of drug-likeness (QED) is 0.0565. The van der Waals surface area contributed by atoms with Crippen LogP contribution in [0.2, 0.25) is 0 Å². The van der Waals surface area contributed by atoms with Gasteiger partial charge in [0.1, 0.15) is 5.75 Å². The molecule has 9 N–H and O–H groups in total. The molecule has 2 aliphatic rings. The van der Waals surface area contributed by atoms with Gasteiger partial charge in [-0.25, -0.2) is 0 Å². The van der Waals surface area contributed by atoms with E-state index in [1.165, 1.54) is 0 Å². The maximum atomic E-state index is 13.1. The number of nitrogens with one attached hydrogen (secondary N) is 2. The molecule has 62 heavy (non-hydrogen) atoms. The number of fused-ring (bicyclic) bond motifs is 1. The van der Waals surface area contributed by atoms with Crippen LogP contribution in [0, 0.1) is 23.7 Å². The number of benzene rings is 2. The van der Waals surface area contributed by atoms with E-state index < -0.39 is 48.6 Å². The summed E-state index contributed by atoms with van der Waals surface area (Å²) in [5.41, 5.74) is 3.16. The van der Waals surface area contributed by atoms with E-state index in [2.05, 4.69) is 49.3 Å². The van der Waals surface area contributed by atoms with Crippen molar-refractivity contribution in [3.8, 4) is 17.6 Å². The Balaban J connectivity index is 1.91. The van der Waals surface area contributed by atoms with Crippen molar-refractivity contribution in [2.75, 3.05) is 6.61 Å². The number of phenols is 1. The molecule has 0 aliphatic carbocycles. The van der Waals surface area contributed by atoms with Gasteiger partial charge in [-0.05, 0) is 124 Å². The largest absolute Gasteiger partial charge is 0.508 e. The number of aryl methyl sites for hydroxylation is 1. The molecule has 10 heteroatoms. The van der Waals surface area contributed by atoms with Gasteiger partial charge in [0.15, 0.2) is 0 Å². The van der Waals surface area contributed by atoms with Crippen LogP contribution >= 0.6 is 0 Å². The summed E-state index contributed by atoms with van der Waals surface area (Å²) in [5.74, 6) is 6.26. The van der Waals surface area contributed by atoms with Crippen LogP contribution in [0.5, 0.6) is 5.75 Å². The predicted octanol–water partition coefficient (Wildman–Crippen LogP) is 7.68. The van der Waals surface area contributed by atoms with Crippen LogP contribution in [-0.2, 0) is 11.2 Å². The summed E-state index contributed by atoms with van der Waals surface area (Å²) in [6.07, 6.45) is 10.5. The van der Waals surface area contributed by atoms with Crippen molar-refractivity contribution in [1.29, 1.82) is 0 Å². The number of hydrogen-bond donors (Lipinski definition) is 9. The van der Waals surface area contributed by atoms with E-state index in [4.69, 9.17) is 0 Å². The van der Waals surface area contributed by atoms with E-state index in [0.717, 1.165) is 72.8 Å². The standard InChI is InChI=1S/C52H78N2O8/c1-6-7-20-48(58)49(59)31-27-39-24-23-38-15-9-8-14-37(38)16-11-21-50(52(5,62)45(30-22-35(2)3)40-25-28-42(56)29-26-40)54-47(44(39)33-43(57)34-55)19-12-18-46-41(32-51(60)61)17-10-13-36(4)53-46/h8-9,14-15,25-29,31,35-36,41,43,45-50,53-59,62H,6-7,10,12-13,17-24,30,32-34H2,1-5H3,(H,60,61)/b31-27+,44-39+/t36-,41-,43+,45-,46+,47+,48+,49-,50-,52+/m1/s1. The molecule has 0 aromatic heterocycles. The third kappa shape index (κ3) is 15.9. The van der Waals surface area contributed by atoms with Crippen molar-refractivity contribution in [1.82, 2.24) is 10.6 Å². The highest BCUT2D eigenvalue weighted by atomic mass is 16.4. The zero-order valence-electron chi connectivity index (χ0n) is 38.1. The van der Waals surface area contributed by atoms with Crippen LogP contribution in [0.15, 0.2) is 71.8 Å². The maximum Gasteiger partial charge on any atom is 0.303 e. The molecule has 0 unspecified atom stereocenters. The van der Waals surface area contributed by atoms with Crippen molar-refractivity contribution < 1.29 is 40.5 Å². The molecule has 0 amide bonds. The minimum Gasteiger partial charge on any atom is -0.508 e. The van der Waals surface area contributed by atoms with Crippen molar-refractivity contribution in [2.24, 2.45) is 11.8 Å². The van der Waals surface area contributed by atoms with E-state index in [9.17, 15) is 40.5 Å². The van der Waals surface area contributed by atoms with Gasteiger partial charge in [-0.15, -0.1) is 0 Å². The smallest absolute Gasteiger partial charge is 0.303 e. The molecule has 1 saturated heterocycles. The first kappa shape index (κ1) is 51.1. The summed E-state index contributed by atoms with van der Waals surface area (Å²) in [7, 11) is 0. The second-order valence-corrected chi connectivity index (χ2v) is 18.8. The fourth-order valence-corrected chi connectivity index (χ4v) is 9.55. The Labute approximate surface area is 372 Å². The van der Waals surface area contributed by atoms with Crippen LogP contribution in [0.4, 0.5) is 0 Å². The predicted molar refractivity (Wildman–Crippen MR) is 248 cm³/mol. The lowest BCUT2D eigenvalue weighted by molar-refractivity contribution is -0.138. The third-order valence-corrected chi connectivity index (χ3v) is 13.3. The Morgan fingerprint density at radius 2 is 1.71 bits per heavy atom.